The maximum Gasteiger partial charge on any atom is 0.333 e. The number of alkyl halides is 2. The van der Waals surface area contributed by atoms with E-state index in [1.54, 1.807) is 0 Å². The molecule has 11 heteroatoms. The second-order valence-corrected chi connectivity index (χ2v) is 8.37. The molecule has 0 radical (unpaired) electrons. The molecule has 1 aliphatic rings. The summed E-state index contributed by atoms with van der Waals surface area (Å²) in [5.74, 6) is -0.279. The van der Waals surface area contributed by atoms with Crippen LogP contribution in [0.2, 0.25) is 0 Å². The number of hydrogen-bond acceptors (Lipinski definition) is 5. The van der Waals surface area contributed by atoms with Crippen molar-refractivity contribution in [3.63, 3.8) is 0 Å². The lowest BCUT2D eigenvalue weighted by Gasteiger charge is -2.23. The Bertz CT molecular complexity index is 735. The van der Waals surface area contributed by atoms with Gasteiger partial charge in [-0.05, 0) is 12.8 Å². The highest BCUT2D eigenvalue weighted by molar-refractivity contribution is 7.89. The molecule has 1 aromatic heterocycles. The number of rotatable bonds is 5. The van der Waals surface area contributed by atoms with Crippen molar-refractivity contribution in [2.45, 2.75) is 38.3 Å². The number of aromatic nitrogens is 2. The van der Waals surface area contributed by atoms with E-state index in [0.29, 0.717) is 11.2 Å². The topological polar surface area (TPSA) is 95.7 Å². The summed E-state index contributed by atoms with van der Waals surface area (Å²) in [6.45, 7) is 1.73. The minimum atomic E-state index is -4.24. The van der Waals surface area contributed by atoms with Gasteiger partial charge in [0, 0.05) is 19.6 Å². The normalized spacial score (nSPS) is 20.6. The molecule has 2 heterocycles. The number of aliphatic hydroxyl groups is 1. The third-order valence-corrected chi connectivity index (χ3v) is 5.81. The lowest BCUT2D eigenvalue weighted by atomic mass is 10.2. The first kappa shape index (κ1) is 19.7. The van der Waals surface area contributed by atoms with E-state index in [2.05, 4.69) is 5.10 Å². The van der Waals surface area contributed by atoms with Crippen molar-refractivity contribution in [1.29, 1.82) is 0 Å². The summed E-state index contributed by atoms with van der Waals surface area (Å²) in [7, 11) is -4.24. The number of hydrogen-bond donors (Lipinski definition) is 1. The summed E-state index contributed by atoms with van der Waals surface area (Å²) in [6.07, 6.45) is -0.227. The van der Waals surface area contributed by atoms with Crippen molar-refractivity contribution < 1.29 is 27.1 Å². The molecular formula is C14H22F2N4O4S. The van der Waals surface area contributed by atoms with E-state index in [9.17, 15) is 27.1 Å². The minimum Gasteiger partial charge on any atom is -0.390 e. The van der Waals surface area contributed by atoms with Crippen LogP contribution < -0.4 is 0 Å². The molecule has 0 aliphatic carbocycles. The fourth-order valence-electron chi connectivity index (χ4n) is 2.76. The summed E-state index contributed by atoms with van der Waals surface area (Å²) in [4.78, 5) is 13.4. The average molecular weight is 380 g/mol. The van der Waals surface area contributed by atoms with Crippen molar-refractivity contribution in [3.8, 4) is 0 Å². The maximum absolute atomic E-state index is 12.8. The molecular weight excluding hydrogens is 358 g/mol. The molecule has 8 nitrogen and oxygen atoms in total. The zero-order valence-electron chi connectivity index (χ0n) is 14.3. The second kappa shape index (κ2) is 7.34. The Balaban J connectivity index is 2.32. The molecule has 142 valence electrons. The van der Waals surface area contributed by atoms with Crippen LogP contribution in [0.25, 0.3) is 0 Å². The van der Waals surface area contributed by atoms with Crippen LogP contribution in [0.15, 0.2) is 11.1 Å². The van der Waals surface area contributed by atoms with Crippen LogP contribution in [-0.4, -0.2) is 70.7 Å². The Morgan fingerprint density at radius 3 is 2.52 bits per heavy atom. The Morgan fingerprint density at radius 1 is 1.36 bits per heavy atom. The van der Waals surface area contributed by atoms with E-state index in [0.717, 1.165) is 10.5 Å². The Hall–Kier alpha value is -1.59. The van der Waals surface area contributed by atoms with Crippen LogP contribution in [-0.2, 0) is 14.8 Å². The van der Waals surface area contributed by atoms with Crippen LogP contribution in [0, 0.1) is 12.8 Å². The highest BCUT2D eigenvalue weighted by atomic mass is 32.2. The highest BCUT2D eigenvalue weighted by Gasteiger charge is 2.36. The van der Waals surface area contributed by atoms with E-state index in [1.165, 1.54) is 11.8 Å². The number of sulfonamides is 1. The first-order valence-corrected chi connectivity index (χ1v) is 9.26. The van der Waals surface area contributed by atoms with Crippen molar-refractivity contribution in [3.05, 3.63) is 11.9 Å². The smallest absolute Gasteiger partial charge is 0.333 e. The van der Waals surface area contributed by atoms with Crippen molar-refractivity contribution in [2.75, 3.05) is 26.2 Å². The highest BCUT2D eigenvalue weighted by Crippen LogP contribution is 2.24. The number of β-amino-alcohol motifs (C(OH)–C–C–N with tert-alkyl or cyclic N) is 1. The largest absolute Gasteiger partial charge is 0.390 e. The van der Waals surface area contributed by atoms with E-state index in [1.807, 2.05) is 13.8 Å². The van der Waals surface area contributed by atoms with Gasteiger partial charge in [-0.1, -0.05) is 13.8 Å². The molecule has 1 aromatic rings. The van der Waals surface area contributed by atoms with Gasteiger partial charge in [-0.25, -0.2) is 13.1 Å². The van der Waals surface area contributed by atoms with E-state index >= 15 is 0 Å². The van der Waals surface area contributed by atoms with Gasteiger partial charge in [0.1, 0.15) is 4.90 Å². The fraction of sp³-hybridized carbons (Fsp3) is 0.714. The molecule has 25 heavy (non-hydrogen) atoms. The van der Waals surface area contributed by atoms with Crippen molar-refractivity contribution in [2.24, 2.45) is 5.92 Å². The summed E-state index contributed by atoms with van der Waals surface area (Å²) >= 11 is 0. The quantitative estimate of drug-likeness (QED) is 0.800. The number of carbonyl (C=O) groups excluding carboxylic acids is 1. The maximum atomic E-state index is 12.8. The molecule has 2 rings (SSSR count). The SMILES string of the molecule is Cc1c(S(=O)(=O)N2CC(=O)N(CC(C)C)CC(O)C2)cnn1C(F)F. The number of aliphatic hydroxyl groups excluding tert-OH is 1. The Labute approximate surface area is 145 Å². The molecule has 0 bridgehead atoms. The van der Waals surface area contributed by atoms with Crippen molar-refractivity contribution >= 4 is 15.9 Å². The fourth-order valence-corrected chi connectivity index (χ4v) is 4.34. The molecule has 1 amide bonds. The third-order valence-electron chi connectivity index (χ3n) is 3.90. The third kappa shape index (κ3) is 4.15. The van der Waals surface area contributed by atoms with Gasteiger partial charge in [0.05, 0.1) is 24.5 Å². The van der Waals surface area contributed by atoms with Gasteiger partial charge >= 0.3 is 6.55 Å². The molecule has 0 spiro atoms. The summed E-state index contributed by atoms with van der Waals surface area (Å²) < 4.78 is 52.3. The molecule has 0 saturated carbocycles. The monoisotopic (exact) mass is 380 g/mol. The number of halogens is 2. The lowest BCUT2D eigenvalue weighted by Crippen LogP contribution is -2.40. The van der Waals surface area contributed by atoms with Crippen LogP contribution in [0.5, 0.6) is 0 Å². The van der Waals surface area contributed by atoms with Gasteiger partial charge in [0.2, 0.25) is 15.9 Å². The van der Waals surface area contributed by atoms with Crippen LogP contribution in [0.4, 0.5) is 8.78 Å². The molecule has 1 saturated heterocycles. The average Bonchev–Trinajstić information content (AvgIpc) is 2.81. The first-order chi connectivity index (χ1) is 11.5. The number of amides is 1. The predicted octanol–water partition coefficient (Wildman–Crippen LogP) is 0.436. The molecule has 1 aliphatic heterocycles. The van der Waals surface area contributed by atoms with Gasteiger partial charge < -0.3 is 10.0 Å². The van der Waals surface area contributed by atoms with Gasteiger partial charge in [0.25, 0.3) is 0 Å². The van der Waals surface area contributed by atoms with Gasteiger partial charge in [-0.3, -0.25) is 4.79 Å². The molecule has 0 aromatic carbocycles. The van der Waals surface area contributed by atoms with Crippen LogP contribution in [0.1, 0.15) is 26.1 Å². The van der Waals surface area contributed by atoms with E-state index in [4.69, 9.17) is 0 Å². The van der Waals surface area contributed by atoms with E-state index < -0.39 is 40.0 Å². The lowest BCUT2D eigenvalue weighted by molar-refractivity contribution is -0.131. The second-order valence-electron chi connectivity index (χ2n) is 6.46. The minimum absolute atomic E-state index is 0.0261. The summed E-state index contributed by atoms with van der Waals surface area (Å²) in [5, 5.41) is 13.5. The molecule has 1 atom stereocenters. The number of nitrogens with zero attached hydrogens (tertiary/aromatic N) is 4. The Morgan fingerprint density at radius 2 is 2.00 bits per heavy atom. The zero-order chi connectivity index (χ0) is 18.9. The van der Waals surface area contributed by atoms with Crippen LogP contribution in [0.3, 0.4) is 0 Å². The summed E-state index contributed by atoms with van der Waals surface area (Å²) in [6, 6.07) is 0. The molecule has 1 unspecified atom stereocenters. The van der Waals surface area contributed by atoms with Gasteiger partial charge in [0.15, 0.2) is 0 Å². The predicted molar refractivity (Wildman–Crippen MR) is 84.4 cm³/mol. The molecule has 1 N–H and O–H groups in total. The first-order valence-electron chi connectivity index (χ1n) is 7.82. The van der Waals surface area contributed by atoms with E-state index in [-0.39, 0.29) is 24.7 Å². The van der Waals surface area contributed by atoms with Gasteiger partial charge in [-0.2, -0.15) is 18.2 Å². The standard InChI is InChI=1S/C14H22F2N4O4S/c1-9(2)5-18-6-11(21)7-19(8-13(18)22)25(23,24)12-4-17-20(10(12)3)14(15)16/h4,9,11,14,21H,5-8H2,1-3H3. The number of carbonyl (C=O) groups is 1. The summed E-state index contributed by atoms with van der Waals surface area (Å²) in [5.41, 5.74) is -0.222. The van der Waals surface area contributed by atoms with Crippen molar-refractivity contribution in [1.82, 2.24) is 19.0 Å². The van der Waals surface area contributed by atoms with Gasteiger partial charge in [-0.15, -0.1) is 0 Å². The zero-order valence-corrected chi connectivity index (χ0v) is 15.1. The Kier molecular flexibility index (Phi) is 5.79. The van der Waals surface area contributed by atoms with Crippen LogP contribution >= 0.6 is 0 Å². The molecule has 1 fully saturated rings.